The Morgan fingerprint density at radius 3 is 2.67 bits per heavy atom. The number of carbonyl (C=O) groups excluding carboxylic acids is 2. The lowest BCUT2D eigenvalue weighted by Crippen LogP contribution is -2.28. The van der Waals surface area contributed by atoms with Crippen molar-refractivity contribution in [3.63, 3.8) is 0 Å². The molecule has 1 atom stereocenters. The maximum atomic E-state index is 12.4. The lowest BCUT2D eigenvalue weighted by Gasteiger charge is -2.14. The van der Waals surface area contributed by atoms with Gasteiger partial charge in [-0.2, -0.15) is 5.10 Å². The molecule has 1 unspecified atom stereocenters. The number of H-pyrrole nitrogens is 1. The Morgan fingerprint density at radius 1 is 1.33 bits per heavy atom. The summed E-state index contributed by atoms with van der Waals surface area (Å²) in [6, 6.07) is 1.47. The first kappa shape index (κ1) is 16.3. The summed E-state index contributed by atoms with van der Waals surface area (Å²) in [7, 11) is 1.87. The molecule has 1 saturated heterocycles. The molecule has 0 saturated carbocycles. The van der Waals surface area contributed by atoms with Crippen LogP contribution in [0.25, 0.3) is 0 Å². The van der Waals surface area contributed by atoms with Crippen molar-refractivity contribution in [2.24, 2.45) is 7.05 Å². The van der Waals surface area contributed by atoms with Gasteiger partial charge in [0, 0.05) is 37.6 Å². The molecule has 1 aliphatic heterocycles. The number of carbonyl (C=O) groups is 2. The molecule has 7 nitrogen and oxygen atoms in total. The molecule has 128 valence electrons. The molecular formula is C17H23N5O2. The van der Waals surface area contributed by atoms with E-state index in [0.717, 1.165) is 37.2 Å². The van der Waals surface area contributed by atoms with Gasteiger partial charge in [-0.15, -0.1) is 0 Å². The van der Waals surface area contributed by atoms with E-state index >= 15 is 0 Å². The molecule has 2 aromatic heterocycles. The quantitative estimate of drug-likeness (QED) is 0.897. The molecule has 0 aliphatic carbocycles. The monoisotopic (exact) mass is 329 g/mol. The average Bonchev–Trinajstić information content (AvgIpc) is 3.29. The molecule has 1 aliphatic rings. The fraction of sp³-hybridized carbons (Fsp3) is 0.471. The van der Waals surface area contributed by atoms with E-state index in [1.165, 1.54) is 0 Å². The number of nitrogens with one attached hydrogen (secondary N) is 2. The summed E-state index contributed by atoms with van der Waals surface area (Å²) in [6.07, 6.45) is 5.44. The summed E-state index contributed by atoms with van der Waals surface area (Å²) in [5.74, 6) is -0.245. The number of nitrogens with zero attached hydrogens (tertiary/aromatic N) is 3. The van der Waals surface area contributed by atoms with Crippen LogP contribution in [-0.2, 0) is 7.05 Å². The van der Waals surface area contributed by atoms with Gasteiger partial charge in [0.2, 0.25) is 0 Å². The average molecular weight is 329 g/mol. The molecular weight excluding hydrogens is 306 g/mol. The van der Waals surface area contributed by atoms with Crippen LogP contribution in [0.3, 0.4) is 0 Å². The van der Waals surface area contributed by atoms with E-state index < -0.39 is 0 Å². The van der Waals surface area contributed by atoms with Gasteiger partial charge in [-0.3, -0.25) is 14.3 Å². The van der Waals surface area contributed by atoms with E-state index in [9.17, 15) is 9.59 Å². The maximum Gasteiger partial charge on any atom is 0.270 e. The number of hydrogen-bond acceptors (Lipinski definition) is 3. The number of rotatable bonds is 4. The topological polar surface area (TPSA) is 83.0 Å². The van der Waals surface area contributed by atoms with Crippen molar-refractivity contribution in [3.05, 3.63) is 41.0 Å². The van der Waals surface area contributed by atoms with E-state index in [-0.39, 0.29) is 17.9 Å². The summed E-state index contributed by atoms with van der Waals surface area (Å²) in [4.78, 5) is 29.5. The summed E-state index contributed by atoms with van der Waals surface area (Å²) in [5, 5.41) is 7.15. The second-order valence-electron chi connectivity index (χ2n) is 6.31. The van der Waals surface area contributed by atoms with Gasteiger partial charge in [0.05, 0.1) is 17.8 Å². The zero-order chi connectivity index (χ0) is 17.3. The van der Waals surface area contributed by atoms with Crippen LogP contribution in [0, 0.1) is 6.92 Å². The number of likely N-dealkylation sites (tertiary alicyclic amines) is 1. The highest BCUT2D eigenvalue weighted by Crippen LogP contribution is 2.17. The summed E-state index contributed by atoms with van der Waals surface area (Å²) >= 11 is 0. The van der Waals surface area contributed by atoms with Crippen molar-refractivity contribution >= 4 is 11.8 Å². The molecule has 0 bridgehead atoms. The minimum absolute atomic E-state index is 0.0392. The van der Waals surface area contributed by atoms with Crippen molar-refractivity contribution in [2.75, 3.05) is 13.1 Å². The Morgan fingerprint density at radius 2 is 2.04 bits per heavy atom. The van der Waals surface area contributed by atoms with Gasteiger partial charge >= 0.3 is 0 Å². The van der Waals surface area contributed by atoms with Gasteiger partial charge in [0.15, 0.2) is 0 Å². The van der Waals surface area contributed by atoms with Crippen LogP contribution in [0.15, 0.2) is 18.5 Å². The van der Waals surface area contributed by atoms with E-state index in [1.807, 2.05) is 25.8 Å². The van der Waals surface area contributed by atoms with Crippen molar-refractivity contribution < 1.29 is 9.59 Å². The maximum absolute atomic E-state index is 12.4. The predicted octanol–water partition coefficient (Wildman–Crippen LogP) is 1.78. The fourth-order valence-electron chi connectivity index (χ4n) is 3.04. The Kier molecular flexibility index (Phi) is 4.42. The Labute approximate surface area is 141 Å². The van der Waals surface area contributed by atoms with Gasteiger partial charge in [-0.05, 0) is 32.8 Å². The predicted molar refractivity (Wildman–Crippen MR) is 89.8 cm³/mol. The van der Waals surface area contributed by atoms with Gasteiger partial charge < -0.3 is 15.2 Å². The first-order valence-electron chi connectivity index (χ1n) is 8.24. The lowest BCUT2D eigenvalue weighted by atomic mass is 10.1. The van der Waals surface area contributed by atoms with Crippen LogP contribution in [0.2, 0.25) is 0 Å². The number of amides is 2. The summed E-state index contributed by atoms with van der Waals surface area (Å²) in [5.41, 5.74) is 2.93. The molecule has 0 radical (unpaired) electrons. The van der Waals surface area contributed by atoms with E-state index in [4.69, 9.17) is 0 Å². The molecule has 1 fully saturated rings. The van der Waals surface area contributed by atoms with Crippen LogP contribution >= 0.6 is 0 Å². The fourth-order valence-corrected chi connectivity index (χ4v) is 3.04. The first-order valence-corrected chi connectivity index (χ1v) is 8.24. The van der Waals surface area contributed by atoms with Crippen LogP contribution in [0.5, 0.6) is 0 Å². The van der Waals surface area contributed by atoms with E-state index in [0.29, 0.717) is 11.3 Å². The van der Waals surface area contributed by atoms with Gasteiger partial charge in [-0.1, -0.05) is 0 Å². The first-order chi connectivity index (χ1) is 11.5. The van der Waals surface area contributed by atoms with Gasteiger partial charge in [-0.25, -0.2) is 0 Å². The Balaban J connectivity index is 1.67. The van der Waals surface area contributed by atoms with E-state index in [1.54, 1.807) is 23.1 Å². The highest BCUT2D eigenvalue weighted by atomic mass is 16.2. The molecule has 0 aromatic carbocycles. The minimum Gasteiger partial charge on any atom is -0.356 e. The Bertz CT molecular complexity index is 755. The number of aromatic amines is 1. The Hall–Kier alpha value is -2.57. The molecule has 2 amide bonds. The second kappa shape index (κ2) is 6.51. The number of hydrogen-bond donors (Lipinski definition) is 2. The third kappa shape index (κ3) is 3.06. The van der Waals surface area contributed by atoms with Crippen LogP contribution in [-0.4, -0.2) is 44.6 Å². The second-order valence-corrected chi connectivity index (χ2v) is 6.31. The van der Waals surface area contributed by atoms with Crippen LogP contribution < -0.4 is 5.32 Å². The lowest BCUT2D eigenvalue weighted by molar-refractivity contribution is 0.0787. The van der Waals surface area contributed by atoms with Crippen molar-refractivity contribution in [1.29, 1.82) is 0 Å². The highest BCUT2D eigenvalue weighted by molar-refractivity contribution is 5.99. The van der Waals surface area contributed by atoms with Gasteiger partial charge in [0.1, 0.15) is 5.69 Å². The van der Waals surface area contributed by atoms with Crippen molar-refractivity contribution in [1.82, 2.24) is 25.0 Å². The van der Waals surface area contributed by atoms with Crippen LogP contribution in [0.1, 0.15) is 57.9 Å². The molecule has 24 heavy (non-hydrogen) atoms. The van der Waals surface area contributed by atoms with Crippen molar-refractivity contribution in [2.45, 2.75) is 32.7 Å². The summed E-state index contributed by atoms with van der Waals surface area (Å²) < 4.78 is 1.78. The van der Waals surface area contributed by atoms with Crippen molar-refractivity contribution in [3.8, 4) is 0 Å². The third-order valence-corrected chi connectivity index (χ3v) is 4.66. The normalized spacial score (nSPS) is 15.5. The zero-order valence-electron chi connectivity index (χ0n) is 14.3. The minimum atomic E-state index is -0.206. The molecule has 0 spiro atoms. The van der Waals surface area contributed by atoms with Crippen LogP contribution in [0.4, 0.5) is 0 Å². The van der Waals surface area contributed by atoms with E-state index in [2.05, 4.69) is 15.4 Å². The molecule has 7 heteroatoms. The molecule has 2 aromatic rings. The molecule has 3 rings (SSSR count). The van der Waals surface area contributed by atoms with Gasteiger partial charge in [0.25, 0.3) is 11.8 Å². The molecule has 2 N–H and O–H groups in total. The number of aromatic nitrogens is 3. The number of aryl methyl sites for hydroxylation is 1. The smallest absolute Gasteiger partial charge is 0.270 e. The zero-order valence-corrected chi connectivity index (χ0v) is 14.3. The SMILES string of the molecule is Cc1c(C(C)NC(=O)c2c[nH]c(C(=O)N3CCCC3)c2)cnn1C. The molecule has 3 heterocycles. The standard InChI is InChI=1S/C17H23N5O2/c1-11(14-10-19-21(3)12(14)2)20-16(23)13-8-15(18-9-13)17(24)22-6-4-5-7-22/h8-11,18H,4-7H2,1-3H3,(H,20,23). The summed E-state index contributed by atoms with van der Waals surface area (Å²) in [6.45, 7) is 5.46. The largest absolute Gasteiger partial charge is 0.356 e. The third-order valence-electron chi connectivity index (χ3n) is 4.66. The highest BCUT2D eigenvalue weighted by Gasteiger charge is 2.22.